The smallest absolute Gasteiger partial charge is 0.0607 e. The molecule has 2 N–H and O–H groups in total. The molecule has 0 aliphatic heterocycles. The Morgan fingerprint density at radius 2 is 2.18 bits per heavy atom. The van der Waals surface area contributed by atoms with Crippen LogP contribution in [0.1, 0.15) is 19.8 Å². The average molecular weight is 161 g/mol. The molecule has 0 rings (SSSR count). The Morgan fingerprint density at radius 1 is 1.55 bits per heavy atom. The van der Waals surface area contributed by atoms with Crippen molar-refractivity contribution in [2.75, 3.05) is 20.8 Å². The second kappa shape index (κ2) is 6.58. The van der Waals surface area contributed by atoms with Gasteiger partial charge in [-0.15, -0.1) is 0 Å². The third-order valence-corrected chi connectivity index (χ3v) is 1.89. The van der Waals surface area contributed by atoms with Crippen molar-refractivity contribution in [2.24, 2.45) is 0 Å². The normalized spacial score (nSPS) is 16.4. The lowest BCUT2D eigenvalue weighted by atomic mass is 10.1. The molecule has 0 radical (unpaired) electrons. The van der Waals surface area contributed by atoms with E-state index in [2.05, 4.69) is 12.2 Å². The van der Waals surface area contributed by atoms with Crippen LogP contribution >= 0.6 is 0 Å². The summed E-state index contributed by atoms with van der Waals surface area (Å²) in [5.74, 6) is 0. The van der Waals surface area contributed by atoms with Gasteiger partial charge in [-0.05, 0) is 26.8 Å². The van der Waals surface area contributed by atoms with E-state index >= 15 is 0 Å². The Kier molecular flexibility index (Phi) is 6.51. The van der Waals surface area contributed by atoms with Crippen LogP contribution in [-0.2, 0) is 4.74 Å². The van der Waals surface area contributed by atoms with Crippen LogP contribution in [0.3, 0.4) is 0 Å². The minimum Gasteiger partial charge on any atom is -0.396 e. The summed E-state index contributed by atoms with van der Waals surface area (Å²) in [5.41, 5.74) is 0. The van der Waals surface area contributed by atoms with Crippen molar-refractivity contribution in [1.82, 2.24) is 5.32 Å². The number of aliphatic hydroxyl groups excluding tert-OH is 1. The van der Waals surface area contributed by atoms with Crippen LogP contribution in [0.4, 0.5) is 0 Å². The van der Waals surface area contributed by atoms with Gasteiger partial charge in [-0.3, -0.25) is 0 Å². The van der Waals surface area contributed by atoms with Crippen molar-refractivity contribution in [2.45, 2.75) is 31.9 Å². The minimum absolute atomic E-state index is 0.183. The van der Waals surface area contributed by atoms with Gasteiger partial charge in [-0.25, -0.2) is 0 Å². The Bertz CT molecular complexity index is 88.2. The van der Waals surface area contributed by atoms with Crippen molar-refractivity contribution < 1.29 is 9.84 Å². The fourth-order valence-electron chi connectivity index (χ4n) is 0.988. The molecule has 3 heteroatoms. The summed E-state index contributed by atoms with van der Waals surface area (Å²) in [6.45, 7) is 2.30. The van der Waals surface area contributed by atoms with Gasteiger partial charge in [-0.2, -0.15) is 0 Å². The van der Waals surface area contributed by atoms with Crippen LogP contribution < -0.4 is 5.32 Å². The maximum absolute atomic E-state index is 8.65. The van der Waals surface area contributed by atoms with E-state index in [1.165, 1.54) is 0 Å². The first-order valence-corrected chi connectivity index (χ1v) is 4.05. The number of hydrogen-bond donors (Lipinski definition) is 2. The summed E-state index contributed by atoms with van der Waals surface area (Å²) in [4.78, 5) is 0. The van der Waals surface area contributed by atoms with E-state index in [1.807, 2.05) is 7.05 Å². The standard InChI is InChI=1S/C8H19NO2/c1-7(9-2)6-8(11-3)4-5-10/h7-10H,4-6H2,1-3H3. The summed E-state index contributed by atoms with van der Waals surface area (Å²) in [7, 11) is 3.61. The van der Waals surface area contributed by atoms with E-state index < -0.39 is 0 Å². The fourth-order valence-corrected chi connectivity index (χ4v) is 0.988. The number of ether oxygens (including phenoxy) is 1. The van der Waals surface area contributed by atoms with Gasteiger partial charge in [0.15, 0.2) is 0 Å². The third-order valence-electron chi connectivity index (χ3n) is 1.89. The molecule has 2 atom stereocenters. The van der Waals surface area contributed by atoms with E-state index in [0.717, 1.165) is 12.8 Å². The van der Waals surface area contributed by atoms with Gasteiger partial charge in [-0.1, -0.05) is 0 Å². The minimum atomic E-state index is 0.183. The van der Waals surface area contributed by atoms with Gasteiger partial charge in [0.1, 0.15) is 0 Å². The monoisotopic (exact) mass is 161 g/mol. The first-order valence-electron chi connectivity index (χ1n) is 4.05. The Morgan fingerprint density at radius 3 is 2.55 bits per heavy atom. The average Bonchev–Trinajstić information content (AvgIpc) is 2.03. The zero-order valence-corrected chi connectivity index (χ0v) is 7.63. The van der Waals surface area contributed by atoms with Crippen molar-refractivity contribution in [3.63, 3.8) is 0 Å². The molecule has 2 unspecified atom stereocenters. The van der Waals surface area contributed by atoms with Gasteiger partial charge < -0.3 is 15.2 Å². The molecule has 0 amide bonds. The predicted molar refractivity (Wildman–Crippen MR) is 45.6 cm³/mol. The fraction of sp³-hybridized carbons (Fsp3) is 1.00. The highest BCUT2D eigenvalue weighted by Crippen LogP contribution is 2.04. The van der Waals surface area contributed by atoms with Gasteiger partial charge in [0.05, 0.1) is 6.10 Å². The predicted octanol–water partition coefficient (Wildman–Crippen LogP) is 0.382. The van der Waals surface area contributed by atoms with E-state index in [0.29, 0.717) is 6.04 Å². The zero-order valence-electron chi connectivity index (χ0n) is 7.63. The number of aliphatic hydroxyl groups is 1. The van der Waals surface area contributed by atoms with Crippen LogP contribution in [0, 0.1) is 0 Å². The number of methoxy groups -OCH3 is 1. The van der Waals surface area contributed by atoms with Gasteiger partial charge in [0.2, 0.25) is 0 Å². The van der Waals surface area contributed by atoms with E-state index in [-0.39, 0.29) is 12.7 Å². The number of rotatable bonds is 6. The maximum Gasteiger partial charge on any atom is 0.0607 e. The molecule has 0 heterocycles. The summed E-state index contributed by atoms with van der Waals surface area (Å²) in [5, 5.41) is 11.8. The van der Waals surface area contributed by atoms with E-state index in [4.69, 9.17) is 9.84 Å². The van der Waals surface area contributed by atoms with Crippen molar-refractivity contribution in [3.05, 3.63) is 0 Å². The number of hydrogen-bond acceptors (Lipinski definition) is 3. The summed E-state index contributed by atoms with van der Waals surface area (Å²) in [6.07, 6.45) is 1.86. The molecule has 0 fully saturated rings. The van der Waals surface area contributed by atoms with E-state index in [1.54, 1.807) is 7.11 Å². The van der Waals surface area contributed by atoms with Crippen LogP contribution in [-0.4, -0.2) is 38.0 Å². The SMILES string of the molecule is CNC(C)CC(CCO)OC. The van der Waals surface area contributed by atoms with Gasteiger partial charge in [0.25, 0.3) is 0 Å². The van der Waals surface area contributed by atoms with Crippen LogP contribution in [0.2, 0.25) is 0 Å². The summed E-state index contributed by atoms with van der Waals surface area (Å²) >= 11 is 0. The van der Waals surface area contributed by atoms with Gasteiger partial charge >= 0.3 is 0 Å². The molecule has 0 aromatic carbocycles. The van der Waals surface area contributed by atoms with Gasteiger partial charge in [0, 0.05) is 19.8 Å². The largest absolute Gasteiger partial charge is 0.396 e. The third kappa shape index (κ3) is 5.18. The highest BCUT2D eigenvalue weighted by Gasteiger charge is 2.09. The number of nitrogens with one attached hydrogen (secondary N) is 1. The highest BCUT2D eigenvalue weighted by molar-refractivity contribution is 4.65. The molecule has 0 aromatic heterocycles. The molecule has 3 nitrogen and oxygen atoms in total. The second-order valence-electron chi connectivity index (χ2n) is 2.80. The van der Waals surface area contributed by atoms with E-state index in [9.17, 15) is 0 Å². The second-order valence-corrected chi connectivity index (χ2v) is 2.80. The van der Waals surface area contributed by atoms with Crippen LogP contribution in [0.15, 0.2) is 0 Å². The molecule has 0 bridgehead atoms. The lowest BCUT2D eigenvalue weighted by molar-refractivity contribution is 0.0649. The molecule has 11 heavy (non-hydrogen) atoms. The molecule has 0 saturated carbocycles. The van der Waals surface area contributed by atoms with Crippen LogP contribution in [0.5, 0.6) is 0 Å². The molecular formula is C8H19NO2. The Hall–Kier alpha value is -0.120. The molecule has 0 spiro atoms. The molecule has 68 valence electrons. The zero-order chi connectivity index (χ0) is 8.69. The first kappa shape index (κ1) is 10.9. The Balaban J connectivity index is 3.49. The summed E-state index contributed by atoms with van der Waals surface area (Å²) < 4.78 is 5.16. The molecular weight excluding hydrogens is 142 g/mol. The lowest BCUT2D eigenvalue weighted by Gasteiger charge is -2.18. The maximum atomic E-state index is 8.65. The lowest BCUT2D eigenvalue weighted by Crippen LogP contribution is -2.28. The Labute approximate surface area is 68.8 Å². The molecule has 0 saturated heterocycles. The molecule has 0 aliphatic rings. The molecule has 0 aliphatic carbocycles. The molecule has 0 aromatic rings. The van der Waals surface area contributed by atoms with Crippen LogP contribution in [0.25, 0.3) is 0 Å². The van der Waals surface area contributed by atoms with Crippen molar-refractivity contribution in [1.29, 1.82) is 0 Å². The summed E-state index contributed by atoms with van der Waals surface area (Å²) in [6, 6.07) is 0.450. The van der Waals surface area contributed by atoms with Crippen molar-refractivity contribution in [3.8, 4) is 0 Å². The first-order chi connectivity index (χ1) is 5.24. The topological polar surface area (TPSA) is 41.5 Å². The van der Waals surface area contributed by atoms with Crippen molar-refractivity contribution >= 4 is 0 Å². The highest BCUT2D eigenvalue weighted by atomic mass is 16.5. The quantitative estimate of drug-likeness (QED) is 0.592.